The van der Waals surface area contributed by atoms with Crippen LogP contribution in [0.2, 0.25) is 0 Å². The van der Waals surface area contributed by atoms with Gasteiger partial charge in [-0.1, -0.05) is 13.3 Å². The first kappa shape index (κ1) is 12.6. The molecule has 1 aromatic heterocycles. The van der Waals surface area contributed by atoms with Crippen molar-refractivity contribution in [3.63, 3.8) is 0 Å². The first-order valence-electron chi connectivity index (χ1n) is 5.88. The Morgan fingerprint density at radius 2 is 1.72 bits per heavy atom. The average Bonchev–Trinajstić information content (AvgIpc) is 2.33. The molecule has 18 heavy (non-hydrogen) atoms. The van der Waals surface area contributed by atoms with E-state index in [2.05, 4.69) is 16.9 Å². The van der Waals surface area contributed by atoms with Crippen LogP contribution in [0.15, 0.2) is 24.5 Å². The second-order valence-corrected chi connectivity index (χ2v) is 4.22. The van der Waals surface area contributed by atoms with E-state index in [9.17, 15) is 8.78 Å². The normalized spacial score (nSPS) is 10.7. The van der Waals surface area contributed by atoms with Crippen molar-refractivity contribution in [1.82, 2.24) is 9.97 Å². The van der Waals surface area contributed by atoms with Gasteiger partial charge in [0.2, 0.25) is 0 Å². The van der Waals surface area contributed by atoms with Crippen LogP contribution in [0.1, 0.15) is 24.5 Å². The number of aromatic nitrogens is 2. The second kappa shape index (κ2) is 5.21. The minimum absolute atomic E-state index is 0.324. The van der Waals surface area contributed by atoms with Crippen molar-refractivity contribution in [3.05, 3.63) is 47.3 Å². The zero-order valence-electron chi connectivity index (χ0n) is 10.4. The summed E-state index contributed by atoms with van der Waals surface area (Å²) < 4.78 is 26.3. The van der Waals surface area contributed by atoms with Crippen molar-refractivity contribution < 1.29 is 8.78 Å². The first-order valence-corrected chi connectivity index (χ1v) is 5.88. The number of hydrogen-bond donors (Lipinski definition) is 0. The summed E-state index contributed by atoms with van der Waals surface area (Å²) in [5.74, 6) is -0.457. The van der Waals surface area contributed by atoms with Gasteiger partial charge in [0, 0.05) is 5.56 Å². The van der Waals surface area contributed by atoms with Crippen LogP contribution in [0.4, 0.5) is 8.78 Å². The average molecular weight is 248 g/mol. The third kappa shape index (κ3) is 2.53. The number of halogens is 2. The SMILES string of the molecule is CCCc1c(C)cc(F)cc1-c1ncc(F)cn1. The van der Waals surface area contributed by atoms with Crippen LogP contribution < -0.4 is 0 Å². The standard InChI is InChI=1S/C14H14F2N2/c1-3-4-12-9(2)5-10(15)6-13(12)14-17-7-11(16)8-18-14/h5-8H,3-4H2,1-2H3. The topological polar surface area (TPSA) is 25.8 Å². The van der Waals surface area contributed by atoms with Gasteiger partial charge >= 0.3 is 0 Å². The molecule has 0 amide bonds. The monoisotopic (exact) mass is 248 g/mol. The van der Waals surface area contributed by atoms with Crippen LogP contribution in [0, 0.1) is 18.6 Å². The Morgan fingerprint density at radius 3 is 2.33 bits per heavy atom. The molecule has 0 spiro atoms. The molecule has 0 aliphatic rings. The van der Waals surface area contributed by atoms with Crippen LogP contribution in [0.3, 0.4) is 0 Å². The lowest BCUT2D eigenvalue weighted by Crippen LogP contribution is -1.99. The molecule has 1 heterocycles. The molecule has 1 aromatic carbocycles. The van der Waals surface area contributed by atoms with Gasteiger partial charge in [-0.3, -0.25) is 0 Å². The van der Waals surface area contributed by atoms with Gasteiger partial charge in [0.1, 0.15) is 5.82 Å². The Kier molecular flexibility index (Phi) is 3.65. The summed E-state index contributed by atoms with van der Waals surface area (Å²) in [6.45, 7) is 3.92. The molecule has 0 atom stereocenters. The molecule has 4 heteroatoms. The third-order valence-electron chi connectivity index (χ3n) is 2.80. The van der Waals surface area contributed by atoms with E-state index >= 15 is 0 Å². The Labute approximate surface area is 105 Å². The van der Waals surface area contributed by atoms with Crippen LogP contribution >= 0.6 is 0 Å². The number of aryl methyl sites for hydroxylation is 1. The minimum atomic E-state index is -0.496. The largest absolute Gasteiger partial charge is 0.233 e. The van der Waals surface area contributed by atoms with E-state index in [0.29, 0.717) is 11.4 Å². The van der Waals surface area contributed by atoms with Crippen molar-refractivity contribution in [2.75, 3.05) is 0 Å². The van der Waals surface area contributed by atoms with Crippen LogP contribution in [-0.2, 0) is 6.42 Å². The van der Waals surface area contributed by atoms with Crippen molar-refractivity contribution in [3.8, 4) is 11.4 Å². The predicted molar refractivity (Wildman–Crippen MR) is 66.1 cm³/mol. The van der Waals surface area contributed by atoms with E-state index in [1.165, 1.54) is 12.1 Å². The molecule has 0 fully saturated rings. The van der Waals surface area contributed by atoms with Crippen molar-refractivity contribution in [1.29, 1.82) is 0 Å². The predicted octanol–water partition coefficient (Wildman–Crippen LogP) is 3.68. The number of rotatable bonds is 3. The zero-order valence-corrected chi connectivity index (χ0v) is 10.4. The molecule has 0 radical (unpaired) electrons. The molecule has 2 nitrogen and oxygen atoms in total. The Bertz CT molecular complexity index is 550. The fourth-order valence-electron chi connectivity index (χ4n) is 2.01. The van der Waals surface area contributed by atoms with Gasteiger partial charge in [-0.15, -0.1) is 0 Å². The van der Waals surface area contributed by atoms with Crippen molar-refractivity contribution in [2.24, 2.45) is 0 Å². The second-order valence-electron chi connectivity index (χ2n) is 4.22. The molecule has 0 saturated heterocycles. The summed E-state index contributed by atoms with van der Waals surface area (Å²) in [5.41, 5.74) is 2.54. The molecule has 0 N–H and O–H groups in total. The van der Waals surface area contributed by atoms with Gasteiger partial charge < -0.3 is 0 Å². The van der Waals surface area contributed by atoms with E-state index in [-0.39, 0.29) is 5.82 Å². The van der Waals surface area contributed by atoms with Gasteiger partial charge in [-0.05, 0) is 36.6 Å². The number of benzene rings is 1. The van der Waals surface area contributed by atoms with E-state index in [4.69, 9.17) is 0 Å². The summed E-state index contributed by atoms with van der Waals surface area (Å²) in [6.07, 6.45) is 3.96. The molecule has 94 valence electrons. The Balaban J connectivity index is 2.57. The molecule has 2 rings (SSSR count). The smallest absolute Gasteiger partial charge is 0.159 e. The molecule has 0 bridgehead atoms. The zero-order chi connectivity index (χ0) is 13.1. The van der Waals surface area contributed by atoms with E-state index in [0.717, 1.165) is 36.4 Å². The molecular weight excluding hydrogens is 234 g/mol. The van der Waals surface area contributed by atoms with Gasteiger partial charge in [0.25, 0.3) is 0 Å². The Morgan fingerprint density at radius 1 is 1.06 bits per heavy atom. The van der Waals surface area contributed by atoms with Crippen LogP contribution in [-0.4, -0.2) is 9.97 Å². The molecule has 2 aromatic rings. The molecule has 0 unspecified atom stereocenters. The van der Waals surface area contributed by atoms with Gasteiger partial charge in [0.05, 0.1) is 12.4 Å². The molecule has 0 aliphatic heterocycles. The molecule has 0 saturated carbocycles. The highest BCUT2D eigenvalue weighted by Crippen LogP contribution is 2.26. The maximum atomic E-state index is 13.5. The maximum Gasteiger partial charge on any atom is 0.159 e. The summed E-state index contributed by atoms with van der Waals surface area (Å²) >= 11 is 0. The third-order valence-corrected chi connectivity index (χ3v) is 2.80. The molecular formula is C14H14F2N2. The van der Waals surface area contributed by atoms with E-state index in [1.807, 2.05) is 6.92 Å². The summed E-state index contributed by atoms with van der Waals surface area (Å²) in [5, 5.41) is 0. The summed E-state index contributed by atoms with van der Waals surface area (Å²) in [7, 11) is 0. The lowest BCUT2D eigenvalue weighted by molar-refractivity contribution is 0.613. The highest BCUT2D eigenvalue weighted by molar-refractivity contribution is 5.62. The quantitative estimate of drug-likeness (QED) is 0.828. The Hall–Kier alpha value is -1.84. The fraction of sp³-hybridized carbons (Fsp3) is 0.286. The highest BCUT2D eigenvalue weighted by atomic mass is 19.1. The van der Waals surface area contributed by atoms with Gasteiger partial charge in [-0.25, -0.2) is 18.7 Å². The summed E-state index contributed by atoms with van der Waals surface area (Å²) in [4.78, 5) is 7.84. The minimum Gasteiger partial charge on any atom is -0.233 e. The summed E-state index contributed by atoms with van der Waals surface area (Å²) in [6, 6.07) is 2.91. The van der Waals surface area contributed by atoms with Gasteiger partial charge in [0.15, 0.2) is 11.6 Å². The fourth-order valence-corrected chi connectivity index (χ4v) is 2.01. The van der Waals surface area contributed by atoms with Crippen LogP contribution in [0.5, 0.6) is 0 Å². The van der Waals surface area contributed by atoms with Crippen molar-refractivity contribution >= 4 is 0 Å². The number of hydrogen-bond acceptors (Lipinski definition) is 2. The molecule has 0 aliphatic carbocycles. The number of nitrogens with zero attached hydrogens (tertiary/aromatic N) is 2. The first-order chi connectivity index (χ1) is 8.61. The van der Waals surface area contributed by atoms with Crippen LogP contribution in [0.25, 0.3) is 11.4 Å². The van der Waals surface area contributed by atoms with E-state index in [1.54, 1.807) is 0 Å². The van der Waals surface area contributed by atoms with Gasteiger partial charge in [-0.2, -0.15) is 0 Å². The lowest BCUT2D eigenvalue weighted by atomic mass is 9.97. The highest BCUT2D eigenvalue weighted by Gasteiger charge is 2.12. The maximum absolute atomic E-state index is 13.5. The van der Waals surface area contributed by atoms with Crippen molar-refractivity contribution in [2.45, 2.75) is 26.7 Å². The van der Waals surface area contributed by atoms with E-state index < -0.39 is 5.82 Å². The lowest BCUT2D eigenvalue weighted by Gasteiger charge is -2.11.